The first-order chi connectivity index (χ1) is 43.3. The van der Waals surface area contributed by atoms with Gasteiger partial charge in [0.25, 0.3) is 5.91 Å². The Bertz CT molecular complexity index is 3340. The molecule has 0 unspecified atom stereocenters. The van der Waals surface area contributed by atoms with Crippen molar-refractivity contribution in [2.45, 2.75) is 173 Å². The van der Waals surface area contributed by atoms with Gasteiger partial charge in [-0.15, -0.1) is 0 Å². The zero-order chi connectivity index (χ0) is 68.2. The van der Waals surface area contributed by atoms with Gasteiger partial charge in [0.15, 0.2) is 5.72 Å². The summed E-state index contributed by atoms with van der Waals surface area (Å²) in [6.45, 7) is 17.5. The van der Waals surface area contributed by atoms with Crippen molar-refractivity contribution in [2.24, 2.45) is 17.6 Å². The minimum atomic E-state index is -1.93. The number of pyridine rings is 1. The Labute approximate surface area is 549 Å². The molecular weight excluding hydrogens is 1280 g/mol. The smallest absolute Gasteiger partial charge is 0.409 e. The molecule has 0 aliphatic carbocycles. The number of carbonyl (C=O) groups is 9. The van der Waals surface area contributed by atoms with Gasteiger partial charge in [-0.1, -0.05) is 78.7 Å². The van der Waals surface area contributed by atoms with Gasteiger partial charge in [0.05, 0.1) is 42.1 Å². The predicted molar refractivity (Wildman–Crippen MR) is 348 cm³/mol. The first-order valence-electron chi connectivity index (χ1n) is 30.4. The molecule has 502 valence electrons. The average Bonchev–Trinajstić information content (AvgIpc) is 1.56. The summed E-state index contributed by atoms with van der Waals surface area (Å²) in [7, 11) is 5.76. The molecule has 4 bridgehead atoms. The normalized spacial score (nSPS) is 23.5. The van der Waals surface area contributed by atoms with E-state index >= 15 is 0 Å². The lowest BCUT2D eigenvalue weighted by atomic mass is 9.83. The van der Waals surface area contributed by atoms with Crippen LogP contribution in [0.4, 0.5) is 21.0 Å². The number of amides is 8. The first kappa shape index (κ1) is 73.4. The summed E-state index contributed by atoms with van der Waals surface area (Å²) in [6, 6.07) is 5.23. The third-order valence-corrected chi connectivity index (χ3v) is 17.9. The van der Waals surface area contributed by atoms with Crippen molar-refractivity contribution in [2.75, 3.05) is 50.4 Å². The van der Waals surface area contributed by atoms with Crippen LogP contribution in [0.1, 0.15) is 123 Å². The van der Waals surface area contributed by atoms with Gasteiger partial charge in [0.1, 0.15) is 58.4 Å². The third kappa shape index (κ3) is 18.6. The number of fused-ring (bicyclic) bond motifs is 6. The van der Waals surface area contributed by atoms with E-state index in [0.29, 0.717) is 42.5 Å². The number of unbranched alkanes of at least 4 members (excludes halogenated alkanes) is 1. The molecule has 3 aromatic rings. The monoisotopic (exact) mass is 1360 g/mol. The molecule has 2 saturated heterocycles. The summed E-state index contributed by atoms with van der Waals surface area (Å²) >= 11 is 10.1. The van der Waals surface area contributed by atoms with Crippen LogP contribution in [0.2, 0.25) is 5.02 Å². The number of primary amides is 1. The topological polar surface area (TPSA) is 338 Å². The number of alkyl halides is 1. The number of nitrogens with two attached hydrogens (primary N) is 1. The van der Waals surface area contributed by atoms with Crippen molar-refractivity contribution in [3.63, 3.8) is 0 Å². The number of anilines is 2. The molecule has 4 heterocycles. The lowest BCUT2D eigenvalue weighted by Crippen LogP contribution is -2.63. The number of ether oxygens (including phenoxy) is 6. The summed E-state index contributed by atoms with van der Waals surface area (Å²) in [5.74, 6) is -5.15. The summed E-state index contributed by atoms with van der Waals surface area (Å²) in [4.78, 5) is 130. The number of hydrogen-bond donors (Lipinski definition) is 7. The van der Waals surface area contributed by atoms with E-state index in [2.05, 4.69) is 54.1 Å². The minimum Gasteiger partial charge on any atom is -0.495 e. The summed E-state index contributed by atoms with van der Waals surface area (Å²) in [5.41, 5.74) is 3.73. The predicted octanol–water partition coefficient (Wildman–Crippen LogP) is 7.22. The van der Waals surface area contributed by atoms with Crippen LogP contribution in [0.3, 0.4) is 0 Å². The molecule has 6 rings (SSSR count). The van der Waals surface area contributed by atoms with Gasteiger partial charge < -0.3 is 70.3 Å². The number of esters is 2. The van der Waals surface area contributed by atoms with Gasteiger partial charge in [-0.25, -0.2) is 19.2 Å². The Kier molecular flexibility index (Phi) is 25.4. The highest BCUT2D eigenvalue weighted by molar-refractivity contribution is 9.09. The highest BCUT2D eigenvalue weighted by Gasteiger charge is 2.64. The Morgan fingerprint density at radius 2 is 1.77 bits per heavy atom. The van der Waals surface area contributed by atoms with Crippen LogP contribution in [-0.4, -0.2) is 168 Å². The molecule has 1 aromatic heterocycles. The number of nitrogens with zero attached hydrogens (tertiary/aromatic N) is 3. The number of allylic oxidation sites excluding steroid dienone is 3. The van der Waals surface area contributed by atoms with E-state index in [1.54, 1.807) is 78.0 Å². The van der Waals surface area contributed by atoms with Crippen LogP contribution >= 0.6 is 27.5 Å². The molecule has 8 amide bonds. The summed E-state index contributed by atoms with van der Waals surface area (Å²) in [5, 5.41) is 26.1. The molecule has 3 aliphatic rings. The third-order valence-electron chi connectivity index (χ3n) is 16.8. The largest absolute Gasteiger partial charge is 0.495 e. The Hall–Kier alpha value is -7.65. The number of urea groups is 1. The first-order valence-corrected chi connectivity index (χ1v) is 31.9. The fourth-order valence-corrected chi connectivity index (χ4v) is 11.7. The van der Waals surface area contributed by atoms with Crippen molar-refractivity contribution in [3.8, 4) is 5.75 Å². The number of alkyl carbamates (subject to hydrolysis) is 1. The Morgan fingerprint density at radius 3 is 2.43 bits per heavy atom. The van der Waals surface area contributed by atoms with E-state index in [-0.39, 0.29) is 64.9 Å². The summed E-state index contributed by atoms with van der Waals surface area (Å²) < 4.78 is 35.3. The van der Waals surface area contributed by atoms with Crippen LogP contribution in [0, 0.1) is 11.8 Å². The van der Waals surface area contributed by atoms with E-state index in [4.69, 9.17) is 45.8 Å². The number of nitrogens with one attached hydrogen (secondary N) is 5. The highest BCUT2D eigenvalue weighted by atomic mass is 79.9. The second-order valence-corrected chi connectivity index (χ2v) is 25.7. The number of epoxide rings is 1. The molecule has 3 aliphatic heterocycles. The Balaban J connectivity index is 1.21. The minimum absolute atomic E-state index is 0.0165. The fraction of sp³-hybridized carbons (Fsp3) is 0.538. The van der Waals surface area contributed by atoms with E-state index in [9.17, 15) is 48.3 Å². The number of halogens is 2. The molecule has 25 nitrogen and oxygen atoms in total. The second kappa shape index (κ2) is 31.8. The van der Waals surface area contributed by atoms with Crippen molar-refractivity contribution in [3.05, 3.63) is 94.7 Å². The van der Waals surface area contributed by atoms with Gasteiger partial charge in [-0.3, -0.25) is 34.3 Å². The number of benzene rings is 2. The number of likely N-dealkylation sites (N-methyl/N-ethyl adjacent to an activating group) is 1. The van der Waals surface area contributed by atoms with Gasteiger partial charge in [-0.05, 0) is 121 Å². The average molecular weight is 1370 g/mol. The molecule has 0 spiro atoms. The van der Waals surface area contributed by atoms with E-state index in [1.807, 2.05) is 13.0 Å². The molecule has 10 atom stereocenters. The number of aromatic nitrogens is 1. The van der Waals surface area contributed by atoms with Gasteiger partial charge in [0, 0.05) is 69.0 Å². The van der Waals surface area contributed by atoms with Crippen LogP contribution in [0.25, 0.3) is 10.9 Å². The van der Waals surface area contributed by atoms with E-state index < -0.39 is 131 Å². The van der Waals surface area contributed by atoms with Crippen molar-refractivity contribution >= 4 is 103 Å². The maximum absolute atomic E-state index is 14.7. The highest BCUT2D eigenvalue weighted by Crippen LogP contribution is 2.49. The van der Waals surface area contributed by atoms with Crippen molar-refractivity contribution < 1.29 is 76.7 Å². The molecule has 92 heavy (non-hydrogen) atoms. The summed E-state index contributed by atoms with van der Waals surface area (Å²) in [6.07, 6.45) is 3.07. The van der Waals surface area contributed by atoms with Gasteiger partial charge in [-0.2, -0.15) is 0 Å². The number of aliphatic hydroxyl groups is 1. The van der Waals surface area contributed by atoms with Crippen LogP contribution in [0.5, 0.6) is 5.75 Å². The van der Waals surface area contributed by atoms with E-state index in [0.717, 1.165) is 16.0 Å². The SMILES string of the molecule is C=C(CBr)C(=O)OC(C)(C)CCCCC(=O)N[C@H](C(=O)N[C@@H](CCCNC(N)=O)C(=O)Nc1ccc(C(=O)N(C)[C@@H](C)C(=O)O[C@H]2CC(=O)N(C)c3cc(cc(OC)c3Cl)C/C(C)=C/C=C/[C@@H](OC)[C@@]3(O)C[C@H](OC(=O)N3)[C@@H](C)[C@@H]3O[C@@]23C)c2ncccc12)C(C)C. The molecule has 2 fully saturated rings. The van der Waals surface area contributed by atoms with Crippen LogP contribution in [0.15, 0.2) is 78.5 Å². The molecular formula is C65H87BrClN9O16. The lowest BCUT2D eigenvalue weighted by Gasteiger charge is -2.42. The molecule has 27 heteroatoms. The Morgan fingerprint density at radius 1 is 1.05 bits per heavy atom. The number of rotatable bonds is 24. The molecule has 0 radical (unpaired) electrons. The number of carbonyl (C=O) groups excluding carboxylic acids is 9. The van der Waals surface area contributed by atoms with Crippen LogP contribution in [-0.2, 0) is 58.9 Å². The molecule has 0 saturated carbocycles. The fourth-order valence-electron chi connectivity index (χ4n) is 11.1. The standard InChI is InChI=1S/C65H87BrClN9O16/c1-35(2)53(73-50(77)23-14-15-26-63(7,8)92-59(82)37(4)34-66)57(80)72-44(21-18-28-70-61(68)84)56(79)71-43-25-24-42(54-41(43)20-17-27-69-54)58(81)75(10)39(6)60(83)90-49-32-51(78)76(11)45-30-40(31-46(87-12)52(45)67)29-36(3)19-16-22-48(88-13)65(86)33-47(89-62(85)74-65)38(5)55-64(49,9)91-55/h16-17,19-20,22,24-25,27,30-31,35,38-39,44,47-49,53,55,86H,4,14-15,18,21,23,26,28-29,32-34H2,1-3,5-13H3,(H,71,79)(H,72,80)(H,73,77)(H,74,85)(H3,68,70,84)/b22-16+,36-19+/t38-,39+,44+,47+,48-,49+,53+,55+,64+,65+/m1/s1. The molecule has 2 aromatic carbocycles. The number of hydrogen-bond acceptors (Lipinski definition) is 17. The van der Waals surface area contributed by atoms with E-state index in [1.165, 1.54) is 58.5 Å². The number of methoxy groups -OCH3 is 2. The maximum Gasteiger partial charge on any atom is 0.409 e. The van der Waals surface area contributed by atoms with Crippen LogP contribution < -0.4 is 42.0 Å². The lowest BCUT2D eigenvalue weighted by molar-refractivity contribution is -0.158. The molecule has 8 N–H and O–H groups in total. The zero-order valence-corrected chi connectivity index (χ0v) is 56.5. The van der Waals surface area contributed by atoms with Crippen molar-refractivity contribution in [1.29, 1.82) is 0 Å². The van der Waals surface area contributed by atoms with Gasteiger partial charge in [0.2, 0.25) is 23.6 Å². The van der Waals surface area contributed by atoms with Crippen molar-refractivity contribution in [1.82, 2.24) is 31.2 Å². The van der Waals surface area contributed by atoms with Gasteiger partial charge >= 0.3 is 24.1 Å². The second-order valence-electron chi connectivity index (χ2n) is 24.7. The quantitative estimate of drug-likeness (QED) is 0.0116. The zero-order valence-electron chi connectivity index (χ0n) is 54.2. The maximum atomic E-state index is 14.7.